The highest BCUT2D eigenvalue weighted by Crippen LogP contribution is 2.31. The third kappa shape index (κ3) is 9.97. The Hall–Kier alpha value is -5.03. The Kier molecular flexibility index (Phi) is 13.3. The van der Waals surface area contributed by atoms with Crippen LogP contribution in [0.1, 0.15) is 68.7 Å². The first-order valence-electron chi connectivity index (χ1n) is 19.7. The highest BCUT2D eigenvalue weighted by atomic mass is 35.5. The van der Waals surface area contributed by atoms with Crippen molar-refractivity contribution in [3.05, 3.63) is 70.2 Å². The average Bonchev–Trinajstić information content (AvgIpc) is 3.60. The maximum atomic E-state index is 13.2. The minimum absolute atomic E-state index is 0.00659. The van der Waals surface area contributed by atoms with Gasteiger partial charge in [0.15, 0.2) is 10.8 Å². The monoisotopic (exact) mass is 834 g/mol. The second-order valence-electron chi connectivity index (χ2n) is 15.0. The van der Waals surface area contributed by atoms with Crippen LogP contribution in [-0.2, 0) is 19.1 Å². The third-order valence-corrected chi connectivity index (χ3v) is 11.6. The number of anilines is 3. The Bertz CT molecular complexity index is 2120. The molecule has 3 aliphatic rings. The third-order valence-electron chi connectivity index (χ3n) is 11.2. The smallest absolute Gasteiger partial charge is 0.323 e. The quantitative estimate of drug-likeness (QED) is 0.0996. The Morgan fingerprint density at radius 1 is 0.948 bits per heavy atom. The van der Waals surface area contributed by atoms with Crippen molar-refractivity contribution >= 4 is 69.7 Å². The van der Waals surface area contributed by atoms with Gasteiger partial charge in [0.05, 0.1) is 41.2 Å². The fourth-order valence-corrected chi connectivity index (χ4v) is 8.27. The van der Waals surface area contributed by atoms with Crippen molar-refractivity contribution in [1.82, 2.24) is 35.1 Å². The normalized spacial score (nSPS) is 18.8. The van der Waals surface area contributed by atoms with Crippen LogP contribution in [0.3, 0.4) is 0 Å². The van der Waals surface area contributed by atoms with Crippen molar-refractivity contribution in [3.63, 3.8) is 0 Å². The minimum atomic E-state index is -0.598. The maximum Gasteiger partial charge on any atom is 0.323 e. The number of methoxy groups -OCH3 is 1. The number of pyridine rings is 1. The van der Waals surface area contributed by atoms with Gasteiger partial charge in [0, 0.05) is 57.0 Å². The van der Waals surface area contributed by atoms with E-state index in [1.807, 2.05) is 19.1 Å². The second-order valence-corrected chi connectivity index (χ2v) is 15.8. The molecule has 1 aromatic carbocycles. The summed E-state index contributed by atoms with van der Waals surface area (Å²) in [7, 11) is 1.54. The number of likely N-dealkylation sites (tertiary alicyclic amines) is 1. The van der Waals surface area contributed by atoms with Crippen molar-refractivity contribution in [3.8, 4) is 5.88 Å². The summed E-state index contributed by atoms with van der Waals surface area (Å²) in [6.45, 7) is 6.97. The summed E-state index contributed by atoms with van der Waals surface area (Å²) in [5.74, 6) is 0.0239. The van der Waals surface area contributed by atoms with E-state index in [0.717, 1.165) is 69.7 Å². The number of nitrogens with one attached hydrogen (secondary N) is 4. The Balaban J connectivity index is 0.817. The van der Waals surface area contributed by atoms with Gasteiger partial charge in [0.2, 0.25) is 23.6 Å². The summed E-state index contributed by atoms with van der Waals surface area (Å²) in [6, 6.07) is 10.7. The lowest BCUT2D eigenvalue weighted by Crippen LogP contribution is -2.44. The van der Waals surface area contributed by atoms with E-state index >= 15 is 0 Å². The summed E-state index contributed by atoms with van der Waals surface area (Å²) in [5, 5.41) is 15.8. The molecule has 4 aromatic rings. The molecular weight excluding hydrogens is 787 g/mol. The van der Waals surface area contributed by atoms with Crippen molar-refractivity contribution in [2.75, 3.05) is 68.5 Å². The first-order chi connectivity index (χ1) is 28.0. The van der Waals surface area contributed by atoms with Crippen LogP contribution in [0.2, 0.25) is 10.2 Å². The molecule has 0 aliphatic carbocycles. The summed E-state index contributed by atoms with van der Waals surface area (Å²) in [5.41, 5.74) is 3.76. The number of aromatic nitrogens is 4. The van der Waals surface area contributed by atoms with E-state index in [1.54, 1.807) is 13.2 Å². The number of carbonyl (C=O) groups is 4. The predicted molar refractivity (Wildman–Crippen MR) is 219 cm³/mol. The molecule has 4 N–H and O–H groups in total. The summed E-state index contributed by atoms with van der Waals surface area (Å²) >= 11 is 12.3. The Morgan fingerprint density at radius 3 is 2.41 bits per heavy atom. The van der Waals surface area contributed by atoms with E-state index in [1.165, 1.54) is 23.0 Å². The molecule has 0 spiro atoms. The Morgan fingerprint density at radius 2 is 1.69 bits per heavy atom. The van der Waals surface area contributed by atoms with Crippen LogP contribution in [0.5, 0.6) is 5.88 Å². The molecule has 0 saturated carbocycles. The number of hydrogen-bond donors (Lipinski definition) is 4. The van der Waals surface area contributed by atoms with Crippen LogP contribution in [0, 0.1) is 11.8 Å². The number of rotatable bonds is 13. The van der Waals surface area contributed by atoms with Crippen LogP contribution in [0.4, 0.5) is 21.9 Å². The van der Waals surface area contributed by atoms with Gasteiger partial charge in [-0.25, -0.2) is 19.3 Å². The van der Waals surface area contributed by atoms with Crippen molar-refractivity contribution in [1.29, 1.82) is 0 Å². The number of hydrogen-bond acceptors (Lipinski definition) is 11. The van der Waals surface area contributed by atoms with E-state index < -0.39 is 12.1 Å². The molecule has 3 saturated heterocycles. The van der Waals surface area contributed by atoms with Crippen LogP contribution >= 0.6 is 23.2 Å². The van der Waals surface area contributed by atoms with E-state index in [9.17, 15) is 19.2 Å². The molecule has 0 radical (unpaired) electrons. The summed E-state index contributed by atoms with van der Waals surface area (Å²) < 4.78 is 12.9. The molecular formula is C40H48Cl2N10O6. The molecule has 0 bridgehead atoms. The van der Waals surface area contributed by atoms with Gasteiger partial charge in [-0.05, 0) is 81.8 Å². The largest absolute Gasteiger partial charge is 0.474 e. The number of halogens is 2. The number of urea groups is 1. The van der Waals surface area contributed by atoms with Gasteiger partial charge >= 0.3 is 6.03 Å². The van der Waals surface area contributed by atoms with E-state index in [2.05, 4.69) is 58.3 Å². The first-order valence-corrected chi connectivity index (χ1v) is 20.4. The number of carbonyl (C=O) groups excluding carboxylic acids is 4. The molecule has 6 heterocycles. The van der Waals surface area contributed by atoms with Gasteiger partial charge in [0.1, 0.15) is 12.3 Å². The van der Waals surface area contributed by atoms with Crippen molar-refractivity contribution in [2.45, 2.75) is 57.5 Å². The topological polar surface area (TPSA) is 184 Å². The molecule has 3 aromatic heterocycles. The van der Waals surface area contributed by atoms with E-state index in [0.29, 0.717) is 40.8 Å². The Labute approximate surface area is 346 Å². The number of ether oxygens (including phenoxy) is 2. The predicted octanol–water partition coefficient (Wildman–Crippen LogP) is 5.43. The number of piperidine rings is 3. The molecule has 58 heavy (non-hydrogen) atoms. The van der Waals surface area contributed by atoms with Crippen LogP contribution < -0.4 is 30.9 Å². The number of nitrogens with zero attached hydrogens (tertiary/aromatic N) is 6. The lowest BCUT2D eigenvalue weighted by molar-refractivity contribution is -0.134. The van der Waals surface area contributed by atoms with Gasteiger partial charge in [-0.2, -0.15) is 5.10 Å². The fourth-order valence-electron chi connectivity index (χ4n) is 7.94. The molecule has 3 aliphatic heterocycles. The zero-order valence-electron chi connectivity index (χ0n) is 32.5. The molecule has 16 nitrogen and oxygen atoms in total. The highest BCUT2D eigenvalue weighted by Gasteiger charge is 2.30. The number of amides is 5. The first kappa shape index (κ1) is 41.1. The van der Waals surface area contributed by atoms with Crippen molar-refractivity contribution < 1.29 is 28.7 Å². The lowest BCUT2D eigenvalue weighted by atomic mass is 9.90. The van der Waals surface area contributed by atoms with E-state index in [-0.39, 0.29) is 59.4 Å². The summed E-state index contributed by atoms with van der Waals surface area (Å²) in [4.78, 5) is 63.5. The molecule has 3 fully saturated rings. The lowest BCUT2D eigenvalue weighted by Gasteiger charge is -2.38. The standard InChI is InChI=1S/C40H48Cl2N10O6/c1-24(57-2)36-32(22-44-34-20-33(42)49-52(34)36)47-40(56)46-31-19-28(41)21-45-39(31)58-18-13-43-37(54)27-11-14-50(15-12-27)23-25-9-16-51(17-10-25)29-5-3-26(4-6-29)30-7-8-35(53)48-38(30)55/h3-6,19-22,24-25,27,30H,7-18,23H2,1-2H3,(H,43,54)(H2,46,47,56)(H,48,53,55)/t24-,30?/m1/s1. The van der Waals surface area contributed by atoms with Gasteiger partial charge in [-0.1, -0.05) is 35.3 Å². The molecule has 308 valence electrons. The van der Waals surface area contributed by atoms with Crippen molar-refractivity contribution in [2.24, 2.45) is 11.8 Å². The fraction of sp³-hybridized carbons (Fsp3) is 0.475. The van der Waals surface area contributed by atoms with Gasteiger partial charge < -0.3 is 35.2 Å². The highest BCUT2D eigenvalue weighted by molar-refractivity contribution is 6.31. The molecule has 5 amide bonds. The van der Waals surface area contributed by atoms with Crippen LogP contribution in [-0.4, -0.2) is 101 Å². The van der Waals surface area contributed by atoms with E-state index in [4.69, 9.17) is 32.7 Å². The minimum Gasteiger partial charge on any atom is -0.474 e. The number of imide groups is 1. The average molecular weight is 836 g/mol. The van der Waals surface area contributed by atoms with Crippen LogP contribution in [0.15, 0.2) is 48.8 Å². The number of fused-ring (bicyclic) bond motifs is 1. The molecule has 2 atom stereocenters. The van der Waals surface area contributed by atoms with Crippen LogP contribution in [0.25, 0.3) is 5.65 Å². The zero-order valence-corrected chi connectivity index (χ0v) is 34.0. The maximum absolute atomic E-state index is 13.2. The van der Waals surface area contributed by atoms with Gasteiger partial charge in [-0.15, -0.1) is 0 Å². The molecule has 1 unspecified atom stereocenters. The summed E-state index contributed by atoms with van der Waals surface area (Å²) in [6.07, 6.45) is 7.20. The van der Waals surface area contributed by atoms with Gasteiger partial charge in [-0.3, -0.25) is 19.7 Å². The van der Waals surface area contributed by atoms with Gasteiger partial charge in [0.25, 0.3) is 0 Å². The number of benzene rings is 1. The second kappa shape index (κ2) is 18.7. The SMILES string of the molecule is CO[C@H](C)c1c(NC(=O)Nc2cc(Cl)cnc2OCCNC(=O)C2CCN(CC3CCN(c4ccc(C5CCC(=O)NC5=O)cc4)CC3)CC2)cnc2cc(Cl)nn12. The molecule has 7 rings (SSSR count). The zero-order chi connectivity index (χ0) is 40.8. The molecule has 18 heteroatoms.